The van der Waals surface area contributed by atoms with Crippen molar-refractivity contribution in [2.24, 2.45) is 0 Å². The van der Waals surface area contributed by atoms with Crippen molar-refractivity contribution >= 4 is 5.97 Å². The SMILES string of the molecule is O=C(O)c1ccco1.c1cc(CC2CCCO2)cc(OCCOc2ccc(C3CCCCC3)cc2)n1. The number of pyridine rings is 1. The summed E-state index contributed by atoms with van der Waals surface area (Å²) >= 11 is 0. The van der Waals surface area contributed by atoms with Crippen molar-refractivity contribution in [2.45, 2.75) is 63.4 Å². The molecule has 1 aromatic carbocycles. The standard InChI is InChI=1S/C24H31NO3.C5H4O3/c1-2-5-20(6-3-1)21-8-10-22(11-9-21)27-15-16-28-24-18-19(12-13-25-24)17-23-7-4-14-26-23;6-5(7)4-2-1-3-8-4/h8-13,18,20,23H,1-7,14-17H2;1-3H,(H,6,7). The lowest BCUT2D eigenvalue weighted by molar-refractivity contribution is 0.0662. The third-order valence-electron chi connectivity index (χ3n) is 6.58. The average Bonchev–Trinajstić information content (AvgIpc) is 3.63. The lowest BCUT2D eigenvalue weighted by Crippen LogP contribution is -2.11. The van der Waals surface area contributed by atoms with Gasteiger partial charge in [-0.1, -0.05) is 31.4 Å². The summed E-state index contributed by atoms with van der Waals surface area (Å²) < 4.78 is 21.8. The lowest BCUT2D eigenvalue weighted by atomic mass is 9.84. The fraction of sp³-hybridized carbons (Fsp3) is 0.448. The van der Waals surface area contributed by atoms with Crippen molar-refractivity contribution in [2.75, 3.05) is 19.8 Å². The Kier molecular flexibility index (Phi) is 9.79. The molecule has 1 unspecified atom stereocenters. The molecule has 2 fully saturated rings. The number of nitrogens with zero attached hydrogens (tertiary/aromatic N) is 1. The molecule has 1 N–H and O–H groups in total. The van der Waals surface area contributed by atoms with E-state index in [0.29, 0.717) is 25.2 Å². The molecular formula is C29H35NO6. The smallest absolute Gasteiger partial charge is 0.371 e. The van der Waals surface area contributed by atoms with Crippen LogP contribution in [0.3, 0.4) is 0 Å². The molecule has 1 aliphatic heterocycles. The number of furan rings is 1. The van der Waals surface area contributed by atoms with Crippen LogP contribution in [0.25, 0.3) is 0 Å². The van der Waals surface area contributed by atoms with Crippen molar-refractivity contribution in [3.63, 3.8) is 0 Å². The van der Waals surface area contributed by atoms with Crippen molar-refractivity contribution in [3.8, 4) is 11.6 Å². The molecule has 36 heavy (non-hydrogen) atoms. The van der Waals surface area contributed by atoms with Gasteiger partial charge in [-0.3, -0.25) is 0 Å². The molecule has 2 aliphatic rings. The van der Waals surface area contributed by atoms with Crippen LogP contribution in [0.5, 0.6) is 11.6 Å². The maximum atomic E-state index is 9.97. The van der Waals surface area contributed by atoms with Gasteiger partial charge in [0.1, 0.15) is 19.0 Å². The topological polar surface area (TPSA) is 91.0 Å². The van der Waals surface area contributed by atoms with Crippen LogP contribution < -0.4 is 9.47 Å². The molecule has 1 saturated carbocycles. The Morgan fingerprint density at radius 2 is 1.78 bits per heavy atom. The molecule has 1 atom stereocenters. The quantitative estimate of drug-likeness (QED) is 0.350. The van der Waals surface area contributed by atoms with Crippen molar-refractivity contribution in [1.29, 1.82) is 0 Å². The summed E-state index contributed by atoms with van der Waals surface area (Å²) in [5, 5.41) is 8.18. The van der Waals surface area contributed by atoms with E-state index in [-0.39, 0.29) is 5.76 Å². The minimum atomic E-state index is -1.03. The number of benzene rings is 1. The zero-order chi connectivity index (χ0) is 25.0. The summed E-state index contributed by atoms with van der Waals surface area (Å²) in [5.41, 5.74) is 2.67. The average molecular weight is 494 g/mol. The number of rotatable bonds is 9. The molecule has 0 bridgehead atoms. The third-order valence-corrected chi connectivity index (χ3v) is 6.58. The predicted molar refractivity (Wildman–Crippen MR) is 136 cm³/mol. The highest BCUT2D eigenvalue weighted by atomic mass is 16.5. The van der Waals surface area contributed by atoms with Crippen LogP contribution in [0.1, 0.15) is 72.5 Å². The first-order valence-corrected chi connectivity index (χ1v) is 12.9. The minimum absolute atomic E-state index is 0.0231. The van der Waals surface area contributed by atoms with Gasteiger partial charge in [0.2, 0.25) is 11.6 Å². The number of hydrogen-bond acceptors (Lipinski definition) is 6. The third kappa shape index (κ3) is 8.12. The van der Waals surface area contributed by atoms with E-state index in [9.17, 15) is 4.79 Å². The maximum absolute atomic E-state index is 9.97. The van der Waals surface area contributed by atoms with Gasteiger partial charge in [0.05, 0.1) is 12.4 Å². The summed E-state index contributed by atoms with van der Waals surface area (Å²) in [4.78, 5) is 14.3. The van der Waals surface area contributed by atoms with E-state index in [4.69, 9.17) is 19.3 Å². The van der Waals surface area contributed by atoms with E-state index in [0.717, 1.165) is 37.5 Å². The van der Waals surface area contributed by atoms with Crippen LogP contribution in [0, 0.1) is 0 Å². The molecule has 1 aliphatic carbocycles. The maximum Gasteiger partial charge on any atom is 0.371 e. The van der Waals surface area contributed by atoms with E-state index in [1.54, 1.807) is 0 Å². The van der Waals surface area contributed by atoms with E-state index in [1.807, 2.05) is 18.3 Å². The molecule has 0 radical (unpaired) electrons. The first-order chi connectivity index (χ1) is 17.7. The molecule has 1 saturated heterocycles. The fourth-order valence-corrected chi connectivity index (χ4v) is 4.70. The zero-order valence-electron chi connectivity index (χ0n) is 20.6. The van der Waals surface area contributed by atoms with Crippen LogP contribution in [0.4, 0.5) is 0 Å². The van der Waals surface area contributed by atoms with Gasteiger partial charge >= 0.3 is 5.97 Å². The van der Waals surface area contributed by atoms with Crippen LogP contribution in [0.2, 0.25) is 0 Å². The van der Waals surface area contributed by atoms with Gasteiger partial charge in [-0.15, -0.1) is 0 Å². The van der Waals surface area contributed by atoms with E-state index < -0.39 is 5.97 Å². The van der Waals surface area contributed by atoms with Gasteiger partial charge < -0.3 is 23.7 Å². The number of aromatic nitrogens is 1. The second kappa shape index (κ2) is 13.7. The zero-order valence-corrected chi connectivity index (χ0v) is 20.6. The van der Waals surface area contributed by atoms with Crippen LogP contribution in [0.15, 0.2) is 65.4 Å². The highest BCUT2D eigenvalue weighted by Crippen LogP contribution is 2.33. The van der Waals surface area contributed by atoms with Crippen molar-refractivity contribution in [1.82, 2.24) is 4.98 Å². The number of ether oxygens (including phenoxy) is 3. The Morgan fingerprint density at radius 3 is 2.44 bits per heavy atom. The Balaban J connectivity index is 0.000000325. The number of hydrogen-bond donors (Lipinski definition) is 1. The number of carbonyl (C=O) groups is 1. The van der Waals surface area contributed by atoms with Crippen LogP contribution in [-0.2, 0) is 11.2 Å². The van der Waals surface area contributed by atoms with Gasteiger partial charge in [0, 0.05) is 18.9 Å². The van der Waals surface area contributed by atoms with Gasteiger partial charge in [0.25, 0.3) is 0 Å². The van der Waals surface area contributed by atoms with Crippen molar-refractivity contribution in [3.05, 3.63) is 77.9 Å². The molecule has 7 heteroatoms. The fourth-order valence-electron chi connectivity index (χ4n) is 4.70. The lowest BCUT2D eigenvalue weighted by Gasteiger charge is -2.22. The Labute approximate surface area is 212 Å². The molecule has 5 rings (SSSR count). The predicted octanol–water partition coefficient (Wildman–Crippen LogP) is 6.29. The highest BCUT2D eigenvalue weighted by Gasteiger charge is 2.17. The van der Waals surface area contributed by atoms with Gasteiger partial charge in [-0.25, -0.2) is 9.78 Å². The highest BCUT2D eigenvalue weighted by molar-refractivity contribution is 5.84. The second-order valence-corrected chi connectivity index (χ2v) is 9.22. The summed E-state index contributed by atoms with van der Waals surface area (Å²) in [6.45, 7) is 1.89. The number of carboxylic acids is 1. The van der Waals surface area contributed by atoms with Gasteiger partial charge in [0.15, 0.2) is 0 Å². The van der Waals surface area contributed by atoms with Crippen LogP contribution >= 0.6 is 0 Å². The molecule has 0 spiro atoms. The van der Waals surface area contributed by atoms with E-state index in [1.165, 1.54) is 61.6 Å². The monoisotopic (exact) mass is 493 g/mol. The Bertz CT molecular complexity index is 1040. The summed E-state index contributed by atoms with van der Waals surface area (Å²) in [7, 11) is 0. The number of aromatic carboxylic acids is 1. The molecule has 0 amide bonds. The molecule has 2 aromatic heterocycles. The first-order valence-electron chi connectivity index (χ1n) is 12.9. The largest absolute Gasteiger partial charge is 0.490 e. The van der Waals surface area contributed by atoms with Gasteiger partial charge in [-0.05, 0) is 79.5 Å². The summed E-state index contributed by atoms with van der Waals surface area (Å²) in [6.07, 6.45) is 13.5. The molecule has 7 nitrogen and oxygen atoms in total. The first kappa shape index (κ1) is 25.8. The Hall–Kier alpha value is -3.32. The number of carboxylic acid groups (broad SMARTS) is 1. The van der Waals surface area contributed by atoms with E-state index in [2.05, 4.69) is 33.7 Å². The molecule has 3 heterocycles. The molecular weight excluding hydrogens is 458 g/mol. The molecule has 192 valence electrons. The minimum Gasteiger partial charge on any atom is -0.490 e. The Morgan fingerprint density at radius 1 is 0.972 bits per heavy atom. The normalized spacial score (nSPS) is 17.7. The summed E-state index contributed by atoms with van der Waals surface area (Å²) in [5.74, 6) is 1.24. The van der Waals surface area contributed by atoms with Gasteiger partial charge in [-0.2, -0.15) is 0 Å². The van der Waals surface area contributed by atoms with Crippen LogP contribution in [-0.4, -0.2) is 42.0 Å². The summed E-state index contributed by atoms with van der Waals surface area (Å²) in [6, 6.07) is 15.6. The second-order valence-electron chi connectivity index (χ2n) is 9.22. The van der Waals surface area contributed by atoms with E-state index >= 15 is 0 Å². The van der Waals surface area contributed by atoms with Crippen molar-refractivity contribution < 1.29 is 28.5 Å². The molecule has 3 aromatic rings.